The van der Waals surface area contributed by atoms with Crippen LogP contribution in [0.15, 0.2) is 34.9 Å². The summed E-state index contributed by atoms with van der Waals surface area (Å²) >= 11 is 0. The molecule has 0 radical (unpaired) electrons. The summed E-state index contributed by atoms with van der Waals surface area (Å²) in [6.07, 6.45) is 0.152. The second-order valence-corrected chi connectivity index (χ2v) is 4.73. The molecule has 0 saturated heterocycles. The molecule has 0 N–H and O–H groups in total. The van der Waals surface area contributed by atoms with Crippen LogP contribution in [0.25, 0.3) is 22.4 Å². The van der Waals surface area contributed by atoms with Crippen LogP contribution in [0.2, 0.25) is 0 Å². The van der Waals surface area contributed by atoms with E-state index in [0.717, 1.165) is 16.5 Å². The molecule has 0 amide bonds. The number of benzene rings is 1. The number of para-hydroxylation sites is 1. The molecule has 0 fully saturated rings. The molecule has 0 atom stereocenters. The van der Waals surface area contributed by atoms with Gasteiger partial charge in [-0.3, -0.25) is 4.79 Å². The summed E-state index contributed by atoms with van der Waals surface area (Å²) in [4.78, 5) is 19.8. The Hall–Kier alpha value is -2.56. The lowest BCUT2D eigenvalue weighted by Crippen LogP contribution is -1.96. The van der Waals surface area contributed by atoms with Crippen LogP contribution in [0.1, 0.15) is 18.4 Å². The third kappa shape index (κ3) is 2.30. The van der Waals surface area contributed by atoms with Crippen molar-refractivity contribution >= 4 is 16.7 Å². The average molecular weight is 267 g/mol. The lowest BCUT2D eigenvalue weighted by atomic mass is 10.1. The van der Waals surface area contributed by atoms with Gasteiger partial charge in [0.2, 0.25) is 11.7 Å². The van der Waals surface area contributed by atoms with Gasteiger partial charge in [0.25, 0.3) is 0 Å². The third-order valence-electron chi connectivity index (χ3n) is 3.02. The summed E-state index contributed by atoms with van der Waals surface area (Å²) in [7, 11) is 0. The van der Waals surface area contributed by atoms with Crippen molar-refractivity contribution in [3.63, 3.8) is 0 Å². The Morgan fingerprint density at radius 2 is 2.05 bits per heavy atom. The van der Waals surface area contributed by atoms with Crippen LogP contribution in [-0.4, -0.2) is 20.9 Å². The molecule has 3 rings (SSSR count). The molecule has 2 aromatic heterocycles. The van der Waals surface area contributed by atoms with Crippen molar-refractivity contribution < 1.29 is 9.32 Å². The van der Waals surface area contributed by atoms with Crippen molar-refractivity contribution in [3.05, 3.63) is 41.8 Å². The topological polar surface area (TPSA) is 68.9 Å². The summed E-state index contributed by atoms with van der Waals surface area (Å²) in [6, 6.07) is 9.82. The van der Waals surface area contributed by atoms with Crippen molar-refractivity contribution in [2.75, 3.05) is 0 Å². The van der Waals surface area contributed by atoms with E-state index in [2.05, 4.69) is 15.1 Å². The van der Waals surface area contributed by atoms with E-state index in [1.54, 1.807) is 0 Å². The Kier molecular flexibility index (Phi) is 3.02. The van der Waals surface area contributed by atoms with E-state index in [1.807, 2.05) is 37.3 Å². The van der Waals surface area contributed by atoms with Crippen LogP contribution < -0.4 is 0 Å². The van der Waals surface area contributed by atoms with E-state index in [9.17, 15) is 4.79 Å². The lowest BCUT2D eigenvalue weighted by molar-refractivity contribution is -0.116. The van der Waals surface area contributed by atoms with Crippen LogP contribution >= 0.6 is 0 Å². The van der Waals surface area contributed by atoms with Crippen molar-refractivity contribution in [2.24, 2.45) is 0 Å². The number of aryl methyl sites for hydroxylation is 1. The Balaban J connectivity index is 2.05. The molecule has 5 nitrogen and oxygen atoms in total. The monoisotopic (exact) mass is 267 g/mol. The van der Waals surface area contributed by atoms with Gasteiger partial charge in [0, 0.05) is 5.39 Å². The number of rotatable bonds is 3. The first-order chi connectivity index (χ1) is 9.63. The molecule has 100 valence electrons. The smallest absolute Gasteiger partial charge is 0.234 e. The van der Waals surface area contributed by atoms with Gasteiger partial charge in [0.15, 0.2) is 0 Å². The fourth-order valence-electron chi connectivity index (χ4n) is 2.11. The number of carbonyl (C=O) groups is 1. The quantitative estimate of drug-likeness (QED) is 0.729. The van der Waals surface area contributed by atoms with Gasteiger partial charge in [-0.15, -0.1) is 0 Å². The van der Waals surface area contributed by atoms with E-state index in [0.29, 0.717) is 17.4 Å². The maximum Gasteiger partial charge on any atom is 0.234 e. The van der Waals surface area contributed by atoms with Crippen molar-refractivity contribution in [2.45, 2.75) is 20.3 Å². The zero-order chi connectivity index (χ0) is 14.1. The Morgan fingerprint density at radius 3 is 2.85 bits per heavy atom. The number of hydrogen-bond acceptors (Lipinski definition) is 5. The standard InChI is InChI=1S/C15H13N3O2/c1-9-7-13(16-12-6-4-3-5-11(9)12)15-17-14(20-18-15)8-10(2)19/h3-7H,8H2,1-2H3. The number of carbonyl (C=O) groups excluding carboxylic acids is 1. The van der Waals surface area contributed by atoms with Crippen LogP contribution in [0.3, 0.4) is 0 Å². The number of ketones is 1. The minimum atomic E-state index is -0.0112. The van der Waals surface area contributed by atoms with E-state index in [4.69, 9.17) is 4.52 Å². The minimum Gasteiger partial charge on any atom is -0.338 e. The summed E-state index contributed by atoms with van der Waals surface area (Å²) in [6.45, 7) is 3.51. The molecule has 2 heterocycles. The predicted molar refractivity (Wildman–Crippen MR) is 74.2 cm³/mol. The highest BCUT2D eigenvalue weighted by Crippen LogP contribution is 2.22. The molecule has 0 bridgehead atoms. The summed E-state index contributed by atoms with van der Waals surface area (Å²) < 4.78 is 5.06. The molecule has 0 aliphatic carbocycles. The zero-order valence-electron chi connectivity index (χ0n) is 11.3. The number of pyridine rings is 1. The molecule has 3 aromatic rings. The molecule has 0 aliphatic rings. The molecule has 0 saturated carbocycles. The van der Waals surface area contributed by atoms with E-state index >= 15 is 0 Å². The second-order valence-electron chi connectivity index (χ2n) is 4.73. The summed E-state index contributed by atoms with van der Waals surface area (Å²) in [5.41, 5.74) is 2.64. The minimum absolute atomic E-state index is 0.0112. The van der Waals surface area contributed by atoms with E-state index < -0.39 is 0 Å². The molecule has 0 unspecified atom stereocenters. The highest BCUT2D eigenvalue weighted by atomic mass is 16.5. The fraction of sp³-hybridized carbons (Fsp3) is 0.200. The Morgan fingerprint density at radius 1 is 1.25 bits per heavy atom. The molecule has 0 spiro atoms. The normalized spacial score (nSPS) is 10.9. The van der Waals surface area contributed by atoms with Crippen LogP contribution in [-0.2, 0) is 11.2 Å². The number of hydrogen-bond donors (Lipinski definition) is 0. The van der Waals surface area contributed by atoms with Crippen LogP contribution in [0.4, 0.5) is 0 Å². The second kappa shape index (κ2) is 4.85. The van der Waals surface area contributed by atoms with Gasteiger partial charge in [-0.1, -0.05) is 23.4 Å². The van der Waals surface area contributed by atoms with Crippen LogP contribution in [0.5, 0.6) is 0 Å². The zero-order valence-corrected chi connectivity index (χ0v) is 11.3. The Bertz CT molecular complexity index is 793. The van der Waals surface area contributed by atoms with Gasteiger partial charge in [0.1, 0.15) is 11.5 Å². The fourth-order valence-corrected chi connectivity index (χ4v) is 2.11. The third-order valence-corrected chi connectivity index (χ3v) is 3.02. The number of Topliss-reactive ketones (excluding diaryl/α,β-unsaturated/α-hetero) is 1. The Labute approximate surface area is 115 Å². The SMILES string of the molecule is CC(=O)Cc1nc(-c2cc(C)c3ccccc3n2)no1. The first kappa shape index (κ1) is 12.5. The maximum absolute atomic E-state index is 11.0. The van der Waals surface area contributed by atoms with Gasteiger partial charge >= 0.3 is 0 Å². The molecule has 20 heavy (non-hydrogen) atoms. The molecule has 0 aliphatic heterocycles. The predicted octanol–water partition coefficient (Wildman–Crippen LogP) is 2.72. The van der Waals surface area contributed by atoms with Crippen molar-refractivity contribution in [1.29, 1.82) is 0 Å². The van der Waals surface area contributed by atoms with E-state index in [1.165, 1.54) is 6.92 Å². The number of aromatic nitrogens is 3. The van der Waals surface area contributed by atoms with Gasteiger partial charge in [-0.25, -0.2) is 4.98 Å². The van der Waals surface area contributed by atoms with Crippen molar-refractivity contribution in [3.8, 4) is 11.5 Å². The van der Waals surface area contributed by atoms with Crippen LogP contribution in [0, 0.1) is 6.92 Å². The lowest BCUT2D eigenvalue weighted by Gasteiger charge is -2.03. The van der Waals surface area contributed by atoms with Gasteiger partial charge in [0.05, 0.1) is 11.9 Å². The van der Waals surface area contributed by atoms with Gasteiger partial charge in [-0.2, -0.15) is 4.98 Å². The molecule has 5 heteroatoms. The average Bonchev–Trinajstić information content (AvgIpc) is 2.86. The largest absolute Gasteiger partial charge is 0.338 e. The summed E-state index contributed by atoms with van der Waals surface area (Å²) in [5, 5.41) is 4.99. The van der Waals surface area contributed by atoms with Gasteiger partial charge < -0.3 is 4.52 Å². The molecule has 1 aromatic carbocycles. The highest BCUT2D eigenvalue weighted by molar-refractivity contribution is 5.84. The number of nitrogens with zero attached hydrogens (tertiary/aromatic N) is 3. The van der Waals surface area contributed by atoms with Crippen molar-refractivity contribution in [1.82, 2.24) is 15.1 Å². The highest BCUT2D eigenvalue weighted by Gasteiger charge is 2.12. The maximum atomic E-state index is 11.0. The summed E-state index contributed by atoms with van der Waals surface area (Å²) in [5.74, 6) is 0.720. The molecular weight excluding hydrogens is 254 g/mol. The van der Waals surface area contributed by atoms with Gasteiger partial charge in [-0.05, 0) is 31.5 Å². The first-order valence-electron chi connectivity index (χ1n) is 6.32. The van der Waals surface area contributed by atoms with E-state index in [-0.39, 0.29) is 12.2 Å². The number of fused-ring (bicyclic) bond motifs is 1. The first-order valence-corrected chi connectivity index (χ1v) is 6.32. The molecular formula is C15H13N3O2.